The third-order valence-electron chi connectivity index (χ3n) is 3.58. The summed E-state index contributed by atoms with van der Waals surface area (Å²) in [6.07, 6.45) is 1.36. The topological polar surface area (TPSA) is 113 Å². The Morgan fingerprint density at radius 2 is 1.69 bits per heavy atom. The van der Waals surface area contributed by atoms with Crippen molar-refractivity contribution in [2.45, 2.75) is 6.54 Å². The standard InChI is InChI=1S/C19H14Cl2N4O4/c20-16-7-12(8-17(21)25-16)24-19(28)23-10-11-1-3-13(4-2-11)29-14-5-6-22-15(9-14)18(26)27/h1-9H,10H2,(H,26,27)(H2,23,24,25,28). The van der Waals surface area contributed by atoms with Gasteiger partial charge in [0.1, 0.15) is 21.8 Å². The lowest BCUT2D eigenvalue weighted by molar-refractivity contribution is 0.0690. The predicted octanol–water partition coefficient (Wildman–Crippen LogP) is 4.60. The summed E-state index contributed by atoms with van der Waals surface area (Å²) in [6.45, 7) is 0.275. The SMILES string of the molecule is O=C(NCc1ccc(Oc2ccnc(C(=O)O)c2)cc1)Nc1cc(Cl)nc(Cl)c1. The maximum atomic E-state index is 12.0. The van der Waals surface area contributed by atoms with E-state index in [-0.39, 0.29) is 22.5 Å². The fourth-order valence-electron chi connectivity index (χ4n) is 2.30. The number of nitrogens with zero attached hydrogens (tertiary/aromatic N) is 2. The van der Waals surface area contributed by atoms with Crippen LogP contribution in [-0.4, -0.2) is 27.1 Å². The molecule has 2 amide bonds. The number of carboxylic acids is 1. The number of halogens is 2. The van der Waals surface area contributed by atoms with Gasteiger partial charge >= 0.3 is 12.0 Å². The number of nitrogens with one attached hydrogen (secondary N) is 2. The van der Waals surface area contributed by atoms with Crippen LogP contribution in [0.1, 0.15) is 16.1 Å². The van der Waals surface area contributed by atoms with Crippen LogP contribution in [0.2, 0.25) is 10.3 Å². The minimum atomic E-state index is -1.13. The molecule has 0 spiro atoms. The number of anilines is 1. The van der Waals surface area contributed by atoms with E-state index in [1.165, 1.54) is 24.4 Å². The fourth-order valence-corrected chi connectivity index (χ4v) is 2.76. The lowest BCUT2D eigenvalue weighted by Gasteiger charge is -2.09. The molecule has 0 unspecified atom stereocenters. The van der Waals surface area contributed by atoms with E-state index in [2.05, 4.69) is 20.6 Å². The number of hydrogen-bond donors (Lipinski definition) is 3. The van der Waals surface area contributed by atoms with Gasteiger partial charge in [-0.3, -0.25) is 0 Å². The minimum absolute atomic E-state index is 0.105. The van der Waals surface area contributed by atoms with Crippen LogP contribution in [-0.2, 0) is 6.54 Å². The number of benzene rings is 1. The zero-order valence-electron chi connectivity index (χ0n) is 14.7. The molecule has 148 valence electrons. The average molecular weight is 433 g/mol. The summed E-state index contributed by atoms with van der Waals surface area (Å²) in [5.41, 5.74) is 1.15. The molecule has 2 heterocycles. The van der Waals surface area contributed by atoms with Crippen LogP contribution < -0.4 is 15.4 Å². The number of hydrogen-bond acceptors (Lipinski definition) is 5. The zero-order valence-corrected chi connectivity index (χ0v) is 16.2. The Labute approximate surface area is 175 Å². The van der Waals surface area contributed by atoms with Gasteiger partial charge in [0.05, 0.1) is 0 Å². The molecule has 0 aliphatic carbocycles. The molecule has 3 aromatic rings. The summed E-state index contributed by atoms with van der Waals surface area (Å²) in [6, 6.07) is 12.4. The highest BCUT2D eigenvalue weighted by atomic mass is 35.5. The number of pyridine rings is 2. The van der Waals surface area contributed by atoms with E-state index in [0.29, 0.717) is 17.2 Å². The number of carbonyl (C=O) groups is 2. The van der Waals surface area contributed by atoms with Crippen LogP contribution in [0.4, 0.5) is 10.5 Å². The highest BCUT2D eigenvalue weighted by molar-refractivity contribution is 6.32. The molecule has 10 heteroatoms. The number of amides is 2. The van der Waals surface area contributed by atoms with Crippen LogP contribution in [0.15, 0.2) is 54.7 Å². The Morgan fingerprint density at radius 1 is 1.00 bits per heavy atom. The van der Waals surface area contributed by atoms with E-state index in [1.807, 2.05) is 0 Å². The molecule has 1 aromatic carbocycles. The van der Waals surface area contributed by atoms with E-state index in [0.717, 1.165) is 5.56 Å². The maximum Gasteiger partial charge on any atom is 0.354 e. The molecule has 3 rings (SSSR count). The van der Waals surface area contributed by atoms with Gasteiger partial charge in [0, 0.05) is 24.5 Å². The summed E-state index contributed by atoms with van der Waals surface area (Å²) in [7, 11) is 0. The summed E-state index contributed by atoms with van der Waals surface area (Å²) in [4.78, 5) is 30.5. The van der Waals surface area contributed by atoms with Gasteiger partial charge in [-0.25, -0.2) is 19.6 Å². The van der Waals surface area contributed by atoms with Crippen molar-refractivity contribution >= 4 is 40.9 Å². The van der Waals surface area contributed by atoms with E-state index in [9.17, 15) is 9.59 Å². The molecule has 0 aliphatic heterocycles. The van der Waals surface area contributed by atoms with Crippen molar-refractivity contribution in [3.63, 3.8) is 0 Å². The van der Waals surface area contributed by atoms with Gasteiger partial charge in [0.2, 0.25) is 0 Å². The Hall–Kier alpha value is -3.36. The Kier molecular flexibility index (Phi) is 6.48. The van der Waals surface area contributed by atoms with E-state index in [4.69, 9.17) is 33.0 Å². The first-order valence-corrected chi connectivity index (χ1v) is 8.99. The Morgan fingerprint density at radius 3 is 2.34 bits per heavy atom. The Balaban J connectivity index is 1.54. The lowest BCUT2D eigenvalue weighted by Crippen LogP contribution is -2.28. The first-order chi connectivity index (χ1) is 13.9. The van der Waals surface area contributed by atoms with Gasteiger partial charge in [-0.05, 0) is 35.9 Å². The molecule has 0 bridgehead atoms. The number of ether oxygens (including phenoxy) is 1. The molecular weight excluding hydrogens is 419 g/mol. The van der Waals surface area contributed by atoms with E-state index >= 15 is 0 Å². The quantitative estimate of drug-likeness (QED) is 0.490. The maximum absolute atomic E-state index is 12.0. The molecule has 0 aliphatic rings. The number of urea groups is 1. The van der Waals surface area contributed by atoms with Gasteiger partial charge in [-0.15, -0.1) is 0 Å². The second-order valence-corrected chi connectivity index (χ2v) is 6.51. The molecule has 2 aromatic heterocycles. The number of carbonyl (C=O) groups excluding carboxylic acids is 1. The van der Waals surface area contributed by atoms with Crippen molar-refractivity contribution in [2.75, 3.05) is 5.32 Å². The van der Waals surface area contributed by atoms with Crippen molar-refractivity contribution in [1.29, 1.82) is 0 Å². The molecule has 3 N–H and O–H groups in total. The second-order valence-electron chi connectivity index (χ2n) is 5.74. The summed E-state index contributed by atoms with van der Waals surface area (Å²) >= 11 is 11.6. The fraction of sp³-hybridized carbons (Fsp3) is 0.0526. The normalized spacial score (nSPS) is 10.3. The number of aromatic nitrogens is 2. The van der Waals surface area contributed by atoms with Gasteiger partial charge in [-0.1, -0.05) is 35.3 Å². The predicted molar refractivity (Wildman–Crippen MR) is 108 cm³/mol. The van der Waals surface area contributed by atoms with Crippen LogP contribution in [0.25, 0.3) is 0 Å². The first-order valence-electron chi connectivity index (χ1n) is 8.23. The van der Waals surface area contributed by atoms with Crippen LogP contribution in [0.3, 0.4) is 0 Å². The summed E-state index contributed by atoms with van der Waals surface area (Å²) in [5.74, 6) is -0.259. The monoisotopic (exact) mass is 432 g/mol. The van der Waals surface area contributed by atoms with E-state index in [1.54, 1.807) is 30.3 Å². The number of carboxylic acid groups (broad SMARTS) is 1. The highest BCUT2D eigenvalue weighted by Crippen LogP contribution is 2.22. The number of rotatable bonds is 6. The molecule has 0 saturated heterocycles. The minimum Gasteiger partial charge on any atom is -0.477 e. The average Bonchev–Trinajstić information content (AvgIpc) is 2.67. The van der Waals surface area contributed by atoms with Gasteiger partial charge in [0.15, 0.2) is 5.69 Å². The van der Waals surface area contributed by atoms with Crippen LogP contribution >= 0.6 is 23.2 Å². The summed E-state index contributed by atoms with van der Waals surface area (Å²) < 4.78 is 5.62. The Bertz CT molecular complexity index is 1020. The van der Waals surface area contributed by atoms with Crippen LogP contribution in [0, 0.1) is 0 Å². The molecule has 0 fully saturated rings. The lowest BCUT2D eigenvalue weighted by atomic mass is 10.2. The second kappa shape index (κ2) is 9.22. The largest absolute Gasteiger partial charge is 0.477 e. The molecule has 8 nitrogen and oxygen atoms in total. The van der Waals surface area contributed by atoms with Gasteiger partial charge < -0.3 is 20.5 Å². The molecule has 29 heavy (non-hydrogen) atoms. The third kappa shape index (κ3) is 6.06. The molecule has 0 saturated carbocycles. The van der Waals surface area contributed by atoms with Crippen molar-refractivity contribution in [3.8, 4) is 11.5 Å². The number of aromatic carboxylic acids is 1. The van der Waals surface area contributed by atoms with Crippen molar-refractivity contribution in [3.05, 3.63) is 76.3 Å². The zero-order chi connectivity index (χ0) is 20.8. The van der Waals surface area contributed by atoms with Crippen molar-refractivity contribution in [2.24, 2.45) is 0 Å². The highest BCUT2D eigenvalue weighted by Gasteiger charge is 2.07. The smallest absolute Gasteiger partial charge is 0.354 e. The van der Waals surface area contributed by atoms with Crippen molar-refractivity contribution in [1.82, 2.24) is 15.3 Å². The molecular formula is C19H14Cl2N4O4. The summed E-state index contributed by atoms with van der Waals surface area (Å²) in [5, 5.41) is 14.6. The molecule has 0 radical (unpaired) electrons. The van der Waals surface area contributed by atoms with E-state index < -0.39 is 12.0 Å². The van der Waals surface area contributed by atoms with Gasteiger partial charge in [0.25, 0.3) is 0 Å². The van der Waals surface area contributed by atoms with Gasteiger partial charge in [-0.2, -0.15) is 0 Å². The third-order valence-corrected chi connectivity index (χ3v) is 3.97. The van der Waals surface area contributed by atoms with Crippen LogP contribution in [0.5, 0.6) is 11.5 Å². The molecule has 0 atom stereocenters. The first kappa shape index (κ1) is 20.4. The van der Waals surface area contributed by atoms with Crippen molar-refractivity contribution < 1.29 is 19.4 Å².